The van der Waals surface area contributed by atoms with Crippen molar-refractivity contribution in [3.63, 3.8) is 0 Å². The zero-order valence-electron chi connectivity index (χ0n) is 8.94. The Bertz CT molecular complexity index is 447. The van der Waals surface area contributed by atoms with Crippen molar-refractivity contribution in [3.05, 3.63) is 42.1 Å². The summed E-state index contributed by atoms with van der Waals surface area (Å²) in [5.41, 5.74) is 1.22. The second-order valence-electron chi connectivity index (χ2n) is 3.40. The molecule has 0 saturated carbocycles. The second-order valence-corrected chi connectivity index (χ2v) is 3.40. The van der Waals surface area contributed by atoms with Gasteiger partial charge < -0.3 is 5.32 Å². The van der Waals surface area contributed by atoms with Gasteiger partial charge in [-0.1, -0.05) is 0 Å². The molecule has 4 nitrogen and oxygen atoms in total. The molecule has 0 unspecified atom stereocenters. The summed E-state index contributed by atoms with van der Waals surface area (Å²) >= 11 is 0. The van der Waals surface area contributed by atoms with Crippen molar-refractivity contribution in [2.24, 2.45) is 0 Å². The minimum atomic E-state index is 0.850. The summed E-state index contributed by atoms with van der Waals surface area (Å²) in [4.78, 5) is 8.50. The molecule has 0 aromatic carbocycles. The molecule has 15 heavy (non-hydrogen) atoms. The van der Waals surface area contributed by atoms with Crippen LogP contribution in [0.3, 0.4) is 0 Å². The number of nitrogens with zero attached hydrogens (tertiary/aromatic N) is 3. The van der Waals surface area contributed by atoms with Crippen molar-refractivity contribution >= 4 is 0 Å². The van der Waals surface area contributed by atoms with Crippen LogP contribution >= 0.6 is 0 Å². The largest absolute Gasteiger partial charge is 0.316 e. The monoisotopic (exact) mass is 202 g/mol. The first-order valence-corrected chi connectivity index (χ1v) is 4.91. The van der Waals surface area contributed by atoms with Gasteiger partial charge in [0.05, 0.1) is 0 Å². The van der Waals surface area contributed by atoms with Gasteiger partial charge in [-0.25, -0.2) is 9.97 Å². The van der Waals surface area contributed by atoms with Crippen molar-refractivity contribution < 1.29 is 0 Å². The van der Waals surface area contributed by atoms with E-state index in [1.165, 1.54) is 5.56 Å². The molecule has 2 heterocycles. The third-order valence-corrected chi connectivity index (χ3v) is 2.26. The fourth-order valence-corrected chi connectivity index (χ4v) is 1.53. The predicted molar refractivity (Wildman–Crippen MR) is 58.9 cm³/mol. The van der Waals surface area contributed by atoms with Crippen LogP contribution in [0.4, 0.5) is 0 Å². The molecule has 78 valence electrons. The summed E-state index contributed by atoms with van der Waals surface area (Å²) in [7, 11) is 1.93. The highest BCUT2D eigenvalue weighted by molar-refractivity contribution is 5.29. The maximum atomic E-state index is 4.32. The first kappa shape index (κ1) is 9.86. The quantitative estimate of drug-likeness (QED) is 0.815. The van der Waals surface area contributed by atoms with Gasteiger partial charge in [0.15, 0.2) is 0 Å². The molecule has 2 rings (SSSR count). The molecule has 0 saturated heterocycles. The summed E-state index contributed by atoms with van der Waals surface area (Å²) < 4.78 is 1.97. The van der Waals surface area contributed by atoms with Crippen molar-refractivity contribution in [3.8, 4) is 5.82 Å². The Balaban J connectivity index is 2.37. The summed E-state index contributed by atoms with van der Waals surface area (Å²) in [6, 6.07) is 4.07. The fraction of sp³-hybridized carbons (Fsp3) is 0.273. The van der Waals surface area contributed by atoms with E-state index in [1.54, 1.807) is 6.20 Å². The van der Waals surface area contributed by atoms with Crippen LogP contribution in [0.15, 0.2) is 30.7 Å². The summed E-state index contributed by atoms with van der Waals surface area (Å²) in [6.45, 7) is 2.82. The number of rotatable bonds is 3. The Morgan fingerprint density at radius 1 is 1.33 bits per heavy atom. The van der Waals surface area contributed by atoms with E-state index in [4.69, 9.17) is 0 Å². The zero-order chi connectivity index (χ0) is 10.7. The number of imidazole rings is 1. The van der Waals surface area contributed by atoms with Gasteiger partial charge in [0, 0.05) is 25.1 Å². The molecular formula is C11H14N4. The summed E-state index contributed by atoms with van der Waals surface area (Å²) in [5.74, 6) is 1.86. The SMILES string of the molecule is CNCc1ccnc(-n2ccnc2C)c1. The number of aryl methyl sites for hydroxylation is 1. The van der Waals surface area contributed by atoms with Crippen molar-refractivity contribution in [1.29, 1.82) is 0 Å². The van der Waals surface area contributed by atoms with Crippen molar-refractivity contribution in [2.75, 3.05) is 7.05 Å². The van der Waals surface area contributed by atoms with Crippen LogP contribution in [0.1, 0.15) is 11.4 Å². The van der Waals surface area contributed by atoms with E-state index >= 15 is 0 Å². The molecule has 0 aliphatic carbocycles. The number of pyridine rings is 1. The minimum Gasteiger partial charge on any atom is -0.316 e. The molecule has 0 spiro atoms. The molecule has 0 atom stereocenters. The normalized spacial score (nSPS) is 10.5. The predicted octanol–water partition coefficient (Wildman–Crippen LogP) is 1.30. The van der Waals surface area contributed by atoms with Crippen LogP contribution in [0.5, 0.6) is 0 Å². The van der Waals surface area contributed by atoms with E-state index in [1.807, 2.05) is 37.0 Å². The van der Waals surface area contributed by atoms with Gasteiger partial charge in [-0.3, -0.25) is 4.57 Å². The van der Waals surface area contributed by atoms with Gasteiger partial charge in [-0.05, 0) is 31.7 Å². The third-order valence-electron chi connectivity index (χ3n) is 2.26. The summed E-state index contributed by atoms with van der Waals surface area (Å²) in [5, 5.41) is 3.12. The third kappa shape index (κ3) is 2.05. The molecule has 4 heteroatoms. The highest BCUT2D eigenvalue weighted by atomic mass is 15.1. The van der Waals surface area contributed by atoms with Crippen LogP contribution in [0.25, 0.3) is 5.82 Å². The highest BCUT2D eigenvalue weighted by Gasteiger charge is 2.01. The maximum absolute atomic E-state index is 4.32. The van der Waals surface area contributed by atoms with Gasteiger partial charge in [0.2, 0.25) is 0 Å². The van der Waals surface area contributed by atoms with E-state index in [2.05, 4.69) is 21.4 Å². The molecule has 0 aliphatic heterocycles. The Hall–Kier alpha value is -1.68. The topological polar surface area (TPSA) is 42.7 Å². The van der Waals surface area contributed by atoms with Crippen LogP contribution in [0.2, 0.25) is 0 Å². The van der Waals surface area contributed by atoms with Gasteiger partial charge in [-0.2, -0.15) is 0 Å². The first-order chi connectivity index (χ1) is 7.31. The standard InChI is InChI=1S/C11H14N4/c1-9-13-5-6-15(9)11-7-10(8-12-2)3-4-14-11/h3-7,12H,8H2,1-2H3. The number of hydrogen-bond donors (Lipinski definition) is 1. The van der Waals surface area contributed by atoms with Crippen LogP contribution < -0.4 is 5.32 Å². The molecule has 0 aliphatic rings. The zero-order valence-corrected chi connectivity index (χ0v) is 8.94. The minimum absolute atomic E-state index is 0.850. The van der Waals surface area contributed by atoms with E-state index in [9.17, 15) is 0 Å². The summed E-state index contributed by atoms with van der Waals surface area (Å²) in [6.07, 6.45) is 5.52. The smallest absolute Gasteiger partial charge is 0.138 e. The number of hydrogen-bond acceptors (Lipinski definition) is 3. The number of nitrogens with one attached hydrogen (secondary N) is 1. The molecule has 0 radical (unpaired) electrons. The maximum Gasteiger partial charge on any atom is 0.138 e. The highest BCUT2D eigenvalue weighted by Crippen LogP contribution is 2.09. The molecular weight excluding hydrogens is 188 g/mol. The van der Waals surface area contributed by atoms with Crippen LogP contribution in [-0.4, -0.2) is 21.6 Å². The lowest BCUT2D eigenvalue weighted by Gasteiger charge is -2.06. The van der Waals surface area contributed by atoms with E-state index in [0.717, 1.165) is 18.2 Å². The van der Waals surface area contributed by atoms with Gasteiger partial charge in [-0.15, -0.1) is 0 Å². The van der Waals surface area contributed by atoms with Gasteiger partial charge >= 0.3 is 0 Å². The molecule has 1 N–H and O–H groups in total. The van der Waals surface area contributed by atoms with E-state index < -0.39 is 0 Å². The number of aromatic nitrogens is 3. The van der Waals surface area contributed by atoms with Crippen molar-refractivity contribution in [2.45, 2.75) is 13.5 Å². The van der Waals surface area contributed by atoms with E-state index in [0.29, 0.717) is 0 Å². The molecule has 2 aromatic heterocycles. The van der Waals surface area contributed by atoms with Crippen LogP contribution in [0, 0.1) is 6.92 Å². The Kier molecular flexibility index (Phi) is 2.78. The van der Waals surface area contributed by atoms with Gasteiger partial charge in [0.25, 0.3) is 0 Å². The Morgan fingerprint density at radius 2 is 2.20 bits per heavy atom. The average molecular weight is 202 g/mol. The van der Waals surface area contributed by atoms with E-state index in [-0.39, 0.29) is 0 Å². The van der Waals surface area contributed by atoms with Crippen LogP contribution in [-0.2, 0) is 6.54 Å². The lowest BCUT2D eigenvalue weighted by atomic mass is 10.2. The first-order valence-electron chi connectivity index (χ1n) is 4.91. The fourth-order valence-electron chi connectivity index (χ4n) is 1.53. The Labute approximate surface area is 89.0 Å². The lowest BCUT2D eigenvalue weighted by Crippen LogP contribution is -2.06. The Morgan fingerprint density at radius 3 is 2.87 bits per heavy atom. The molecule has 2 aromatic rings. The average Bonchev–Trinajstić information content (AvgIpc) is 2.65. The second kappa shape index (κ2) is 4.23. The molecule has 0 amide bonds. The molecule has 0 bridgehead atoms. The van der Waals surface area contributed by atoms with Crippen molar-refractivity contribution in [1.82, 2.24) is 19.9 Å². The van der Waals surface area contributed by atoms with Gasteiger partial charge in [0.1, 0.15) is 11.6 Å². The lowest BCUT2D eigenvalue weighted by molar-refractivity contribution is 0.811. The molecule has 0 fully saturated rings.